The largest absolute Gasteiger partial charge is 0.328 e. The third-order valence-corrected chi connectivity index (χ3v) is 5.75. The van der Waals surface area contributed by atoms with Crippen LogP contribution in [0.1, 0.15) is 18.5 Å². The van der Waals surface area contributed by atoms with Crippen LogP contribution in [0.4, 0.5) is 17.5 Å². The van der Waals surface area contributed by atoms with Gasteiger partial charge in [0.2, 0.25) is 5.95 Å². The fourth-order valence-corrected chi connectivity index (χ4v) is 4.03. The van der Waals surface area contributed by atoms with E-state index in [9.17, 15) is 14.9 Å². The van der Waals surface area contributed by atoms with E-state index in [2.05, 4.69) is 25.7 Å². The van der Waals surface area contributed by atoms with Gasteiger partial charge in [0.15, 0.2) is 5.82 Å². The standard InChI is InChI=1S/C24H18ClN7O3/c1-14-20(23(33)28-19-7-2-3-12-26-19)21(16-5-4-6-18(13-16)32(34)35)31-24(27-14)29-22(30-31)15-8-10-17(25)11-9-15/h2-13,21H,1H3,(H,26,28,33)(H,27,29,30). The lowest BCUT2D eigenvalue weighted by Gasteiger charge is -2.28. The number of fused-ring (bicyclic) bond motifs is 1. The number of non-ortho nitro benzene ring substituents is 1. The predicted molar refractivity (Wildman–Crippen MR) is 131 cm³/mol. The van der Waals surface area contributed by atoms with Gasteiger partial charge in [-0.05, 0) is 48.9 Å². The minimum Gasteiger partial charge on any atom is -0.328 e. The van der Waals surface area contributed by atoms with Crippen LogP contribution in [0.3, 0.4) is 0 Å². The predicted octanol–water partition coefficient (Wildman–Crippen LogP) is 4.83. The summed E-state index contributed by atoms with van der Waals surface area (Å²) in [5.41, 5.74) is 2.02. The Bertz CT molecular complexity index is 1470. The van der Waals surface area contributed by atoms with Gasteiger partial charge in [0, 0.05) is 34.6 Å². The van der Waals surface area contributed by atoms with Crippen molar-refractivity contribution in [2.24, 2.45) is 0 Å². The molecule has 1 aliphatic rings. The quantitative estimate of drug-likeness (QED) is 0.305. The van der Waals surface area contributed by atoms with Crippen LogP contribution in [0.15, 0.2) is 84.2 Å². The van der Waals surface area contributed by atoms with Gasteiger partial charge in [-0.1, -0.05) is 29.8 Å². The molecule has 0 saturated heterocycles. The monoisotopic (exact) mass is 487 g/mol. The van der Waals surface area contributed by atoms with Gasteiger partial charge >= 0.3 is 0 Å². The van der Waals surface area contributed by atoms with E-state index in [1.54, 1.807) is 72.4 Å². The normalized spacial score (nSPS) is 14.7. The molecule has 1 amide bonds. The molecule has 2 aromatic heterocycles. The second-order valence-electron chi connectivity index (χ2n) is 7.80. The number of allylic oxidation sites excluding steroid dienone is 1. The zero-order chi connectivity index (χ0) is 24.5. The van der Waals surface area contributed by atoms with E-state index in [0.717, 1.165) is 5.56 Å². The maximum Gasteiger partial charge on any atom is 0.269 e. The van der Waals surface area contributed by atoms with Gasteiger partial charge < -0.3 is 10.6 Å². The Hall–Kier alpha value is -4.57. The zero-order valence-corrected chi connectivity index (χ0v) is 19.1. The van der Waals surface area contributed by atoms with Crippen molar-refractivity contribution in [1.29, 1.82) is 0 Å². The summed E-state index contributed by atoms with van der Waals surface area (Å²) in [6, 6.07) is 17.6. The molecule has 0 spiro atoms. The molecule has 0 fully saturated rings. The van der Waals surface area contributed by atoms with E-state index in [4.69, 9.17) is 11.6 Å². The Morgan fingerprint density at radius 1 is 1.14 bits per heavy atom. The van der Waals surface area contributed by atoms with Crippen molar-refractivity contribution in [3.8, 4) is 11.4 Å². The van der Waals surface area contributed by atoms with Gasteiger partial charge in [-0.3, -0.25) is 14.9 Å². The lowest BCUT2D eigenvalue weighted by atomic mass is 9.94. The summed E-state index contributed by atoms with van der Waals surface area (Å²) in [6.07, 6.45) is 1.57. The lowest BCUT2D eigenvalue weighted by Crippen LogP contribution is -2.31. The van der Waals surface area contributed by atoms with Gasteiger partial charge in [-0.2, -0.15) is 4.98 Å². The number of anilines is 2. The summed E-state index contributed by atoms with van der Waals surface area (Å²) in [5, 5.41) is 22.6. The Balaban J connectivity index is 1.63. The van der Waals surface area contributed by atoms with Crippen LogP contribution >= 0.6 is 11.6 Å². The van der Waals surface area contributed by atoms with E-state index in [-0.39, 0.29) is 5.69 Å². The highest BCUT2D eigenvalue weighted by Gasteiger charge is 2.35. The van der Waals surface area contributed by atoms with E-state index >= 15 is 0 Å². The molecule has 174 valence electrons. The zero-order valence-electron chi connectivity index (χ0n) is 18.3. The van der Waals surface area contributed by atoms with Gasteiger partial charge in [0.25, 0.3) is 11.6 Å². The summed E-state index contributed by atoms with van der Waals surface area (Å²) < 4.78 is 1.56. The number of rotatable bonds is 5. The highest BCUT2D eigenvalue weighted by Crippen LogP contribution is 2.37. The van der Waals surface area contributed by atoms with Crippen molar-refractivity contribution in [3.05, 3.63) is 105 Å². The van der Waals surface area contributed by atoms with Crippen molar-refractivity contribution < 1.29 is 9.72 Å². The van der Waals surface area contributed by atoms with E-state index in [1.165, 1.54) is 12.1 Å². The number of nitrogens with zero attached hydrogens (tertiary/aromatic N) is 5. The molecular weight excluding hydrogens is 470 g/mol. The molecule has 1 unspecified atom stereocenters. The molecular formula is C24H18ClN7O3. The van der Waals surface area contributed by atoms with Gasteiger partial charge in [0.1, 0.15) is 11.9 Å². The van der Waals surface area contributed by atoms with Crippen molar-refractivity contribution in [2.75, 3.05) is 10.6 Å². The average molecular weight is 488 g/mol. The third-order valence-electron chi connectivity index (χ3n) is 5.50. The maximum absolute atomic E-state index is 13.4. The van der Waals surface area contributed by atoms with Crippen molar-refractivity contribution in [1.82, 2.24) is 19.7 Å². The Morgan fingerprint density at radius 3 is 2.66 bits per heavy atom. The summed E-state index contributed by atoms with van der Waals surface area (Å²) in [4.78, 5) is 33.2. The van der Waals surface area contributed by atoms with Gasteiger partial charge in [-0.15, -0.1) is 5.10 Å². The molecule has 10 nitrogen and oxygen atoms in total. The molecule has 4 aromatic rings. The molecule has 2 aromatic carbocycles. The fourth-order valence-electron chi connectivity index (χ4n) is 3.90. The van der Waals surface area contributed by atoms with Crippen molar-refractivity contribution in [2.45, 2.75) is 13.0 Å². The number of nitro benzene ring substituents is 1. The van der Waals surface area contributed by atoms with Crippen LogP contribution in [0.2, 0.25) is 5.02 Å². The van der Waals surface area contributed by atoms with E-state index < -0.39 is 16.9 Å². The molecule has 0 bridgehead atoms. The third kappa shape index (κ3) is 4.34. The molecule has 2 N–H and O–H groups in total. The molecule has 0 aliphatic carbocycles. The van der Waals surface area contributed by atoms with Crippen LogP contribution in [-0.2, 0) is 4.79 Å². The Morgan fingerprint density at radius 2 is 1.94 bits per heavy atom. The Kier molecular flexibility index (Phi) is 5.71. The second kappa shape index (κ2) is 8.99. The highest BCUT2D eigenvalue weighted by molar-refractivity contribution is 6.30. The number of amides is 1. The minimum absolute atomic E-state index is 0.0947. The Labute approximate surface area is 204 Å². The van der Waals surface area contributed by atoms with E-state index in [1.807, 2.05) is 0 Å². The number of aromatic nitrogens is 4. The van der Waals surface area contributed by atoms with Crippen LogP contribution in [0.5, 0.6) is 0 Å². The number of nitrogens with one attached hydrogen (secondary N) is 2. The molecule has 1 aliphatic heterocycles. The summed E-state index contributed by atoms with van der Waals surface area (Å²) in [5.74, 6) is 0.776. The first-order valence-electron chi connectivity index (χ1n) is 10.6. The number of carbonyl (C=O) groups is 1. The van der Waals surface area contributed by atoms with Crippen molar-refractivity contribution >= 4 is 35.0 Å². The molecule has 3 heterocycles. The number of pyridine rings is 1. The lowest BCUT2D eigenvalue weighted by molar-refractivity contribution is -0.384. The number of nitro groups is 1. The van der Waals surface area contributed by atoms with Crippen LogP contribution in [0, 0.1) is 10.1 Å². The second-order valence-corrected chi connectivity index (χ2v) is 8.23. The molecule has 0 saturated carbocycles. The van der Waals surface area contributed by atoms with Crippen molar-refractivity contribution in [3.63, 3.8) is 0 Å². The molecule has 11 heteroatoms. The first-order valence-corrected chi connectivity index (χ1v) is 11.0. The summed E-state index contributed by atoms with van der Waals surface area (Å²) >= 11 is 6.01. The summed E-state index contributed by atoms with van der Waals surface area (Å²) in [6.45, 7) is 1.75. The maximum atomic E-state index is 13.4. The first kappa shape index (κ1) is 22.2. The highest BCUT2D eigenvalue weighted by atomic mass is 35.5. The number of hydrogen-bond donors (Lipinski definition) is 2. The topological polar surface area (TPSA) is 128 Å². The average Bonchev–Trinajstić information content (AvgIpc) is 3.27. The number of halogens is 1. The van der Waals surface area contributed by atoms with Crippen LogP contribution < -0.4 is 10.6 Å². The van der Waals surface area contributed by atoms with E-state index in [0.29, 0.717) is 39.4 Å². The first-order chi connectivity index (χ1) is 16.9. The smallest absolute Gasteiger partial charge is 0.269 e. The molecule has 5 rings (SSSR count). The minimum atomic E-state index is -0.775. The fraction of sp³-hybridized carbons (Fsp3) is 0.0833. The van der Waals surface area contributed by atoms with Crippen LogP contribution in [-0.4, -0.2) is 30.6 Å². The van der Waals surface area contributed by atoms with Gasteiger partial charge in [0.05, 0.1) is 10.5 Å². The molecule has 0 radical (unpaired) electrons. The summed E-state index contributed by atoms with van der Waals surface area (Å²) in [7, 11) is 0. The molecule has 35 heavy (non-hydrogen) atoms. The van der Waals surface area contributed by atoms with Crippen LogP contribution in [0.25, 0.3) is 11.4 Å². The number of carbonyl (C=O) groups excluding carboxylic acids is 1. The SMILES string of the molecule is CC1=C(C(=O)Nc2ccccn2)C(c2cccc([N+](=O)[O-])c2)n2nc(-c3ccc(Cl)cc3)nc2N1. The molecule has 1 atom stereocenters. The van der Waals surface area contributed by atoms with Gasteiger partial charge in [-0.25, -0.2) is 9.67 Å². The number of benzene rings is 2. The number of hydrogen-bond acceptors (Lipinski definition) is 7.